The molecular formula is C25H46O6Si. The summed E-state index contributed by atoms with van der Waals surface area (Å²) < 4.78 is 30.5. The minimum Gasteiger partial charge on any atom is -0.414 e. The molecule has 2 rings (SSSR count). The van der Waals surface area contributed by atoms with Gasteiger partial charge in [0, 0.05) is 25.5 Å². The van der Waals surface area contributed by atoms with E-state index in [0.717, 1.165) is 51.6 Å². The van der Waals surface area contributed by atoms with E-state index in [2.05, 4.69) is 40.8 Å². The third-order valence-corrected chi connectivity index (χ3v) is 12.0. The van der Waals surface area contributed by atoms with Crippen molar-refractivity contribution in [2.24, 2.45) is 5.92 Å². The largest absolute Gasteiger partial charge is 0.414 e. The van der Waals surface area contributed by atoms with Crippen molar-refractivity contribution in [2.75, 3.05) is 20.5 Å². The Morgan fingerprint density at radius 2 is 2.00 bits per heavy atom. The van der Waals surface area contributed by atoms with E-state index in [1.807, 2.05) is 5.94 Å². The summed E-state index contributed by atoms with van der Waals surface area (Å²) in [5, 5.41) is 0.167. The summed E-state index contributed by atoms with van der Waals surface area (Å²) in [5.74, 6) is 1.65. The standard InChI is InChI=1S/C25H46O6Si/c1-19(23(20(2)17-26)28-18-27-6)11-12-21-15-22(31-32(7,8)24(3,4)5)16-25(30-21)13-9-10-14-29-25/h19,21-23H,9-16,18H2,1-8H3. The van der Waals surface area contributed by atoms with E-state index in [9.17, 15) is 4.79 Å². The zero-order valence-electron chi connectivity index (χ0n) is 21.6. The van der Waals surface area contributed by atoms with Crippen LogP contribution in [0.4, 0.5) is 0 Å². The molecule has 0 N–H and O–H groups in total. The first-order chi connectivity index (χ1) is 14.9. The van der Waals surface area contributed by atoms with Crippen molar-refractivity contribution in [3.63, 3.8) is 0 Å². The number of hydrogen-bond acceptors (Lipinski definition) is 6. The highest BCUT2D eigenvalue weighted by atomic mass is 28.4. The summed E-state index contributed by atoms with van der Waals surface area (Å²) in [4.78, 5) is 11.2. The SMILES string of the molecule is COCOC(C(C)=C=O)C(C)CCC1CC(O[Si](C)(C)C(C)(C)C)CC2(CCCCO2)O1. The first kappa shape index (κ1) is 27.7. The van der Waals surface area contributed by atoms with Gasteiger partial charge in [0.25, 0.3) is 0 Å². The summed E-state index contributed by atoms with van der Waals surface area (Å²) >= 11 is 0. The Bertz CT molecular complexity index is 631. The molecular weight excluding hydrogens is 424 g/mol. The molecule has 2 heterocycles. The monoisotopic (exact) mass is 470 g/mol. The second-order valence-electron chi connectivity index (χ2n) is 11.2. The van der Waals surface area contributed by atoms with Gasteiger partial charge in [-0.3, -0.25) is 0 Å². The van der Waals surface area contributed by atoms with E-state index in [0.29, 0.717) is 5.57 Å². The predicted molar refractivity (Wildman–Crippen MR) is 129 cm³/mol. The Balaban J connectivity index is 2.09. The molecule has 5 atom stereocenters. The average Bonchev–Trinajstić information content (AvgIpc) is 2.71. The fraction of sp³-hybridized carbons (Fsp3) is 0.920. The van der Waals surface area contributed by atoms with E-state index >= 15 is 0 Å². The Hall–Kier alpha value is -0.533. The minimum atomic E-state index is -1.89. The van der Waals surface area contributed by atoms with Crippen molar-refractivity contribution in [3.8, 4) is 0 Å². The van der Waals surface area contributed by atoms with Crippen molar-refractivity contribution >= 4 is 14.3 Å². The lowest BCUT2D eigenvalue weighted by Crippen LogP contribution is -2.54. The molecule has 0 saturated carbocycles. The van der Waals surface area contributed by atoms with Gasteiger partial charge in [0.15, 0.2) is 14.1 Å². The van der Waals surface area contributed by atoms with Gasteiger partial charge in [0.05, 0.1) is 24.9 Å². The molecule has 186 valence electrons. The molecule has 32 heavy (non-hydrogen) atoms. The normalized spacial score (nSPS) is 28.9. The highest BCUT2D eigenvalue weighted by Gasteiger charge is 2.47. The number of ether oxygens (including phenoxy) is 4. The highest BCUT2D eigenvalue weighted by Crippen LogP contribution is 2.44. The Morgan fingerprint density at radius 1 is 1.28 bits per heavy atom. The average molecular weight is 471 g/mol. The van der Waals surface area contributed by atoms with Gasteiger partial charge in [0.2, 0.25) is 0 Å². The molecule has 0 aliphatic carbocycles. The lowest BCUT2D eigenvalue weighted by molar-refractivity contribution is -0.309. The lowest BCUT2D eigenvalue weighted by Gasteiger charge is -2.49. The van der Waals surface area contributed by atoms with Crippen LogP contribution in [0.2, 0.25) is 18.1 Å². The summed E-state index contributed by atoms with van der Waals surface area (Å²) in [7, 11) is -0.304. The molecule has 0 amide bonds. The number of carbonyl (C=O) groups excluding carboxylic acids is 1. The molecule has 0 bridgehead atoms. The van der Waals surface area contributed by atoms with Gasteiger partial charge < -0.3 is 23.4 Å². The van der Waals surface area contributed by atoms with Crippen molar-refractivity contribution in [1.29, 1.82) is 0 Å². The van der Waals surface area contributed by atoms with E-state index in [1.54, 1.807) is 14.0 Å². The van der Waals surface area contributed by atoms with Crippen LogP contribution in [0, 0.1) is 5.92 Å². The van der Waals surface area contributed by atoms with Crippen molar-refractivity contribution in [3.05, 3.63) is 5.57 Å². The minimum absolute atomic E-state index is 0.0719. The van der Waals surface area contributed by atoms with E-state index in [4.69, 9.17) is 23.4 Å². The molecule has 0 aromatic rings. The number of methoxy groups -OCH3 is 1. The molecule has 6 nitrogen and oxygen atoms in total. The van der Waals surface area contributed by atoms with Crippen LogP contribution in [0.15, 0.2) is 5.57 Å². The molecule has 7 heteroatoms. The van der Waals surface area contributed by atoms with Crippen molar-refractivity contribution in [1.82, 2.24) is 0 Å². The molecule has 2 fully saturated rings. The van der Waals surface area contributed by atoms with Gasteiger partial charge >= 0.3 is 0 Å². The van der Waals surface area contributed by atoms with Crippen LogP contribution in [-0.4, -0.2) is 58.9 Å². The zero-order valence-corrected chi connectivity index (χ0v) is 22.6. The number of rotatable bonds is 10. The van der Waals surface area contributed by atoms with Crippen LogP contribution >= 0.6 is 0 Å². The molecule has 0 radical (unpaired) electrons. The van der Waals surface area contributed by atoms with Gasteiger partial charge in [-0.05, 0) is 63.1 Å². The van der Waals surface area contributed by atoms with Crippen molar-refractivity contribution in [2.45, 2.75) is 122 Å². The van der Waals surface area contributed by atoms with Gasteiger partial charge in [0.1, 0.15) is 12.7 Å². The van der Waals surface area contributed by atoms with Crippen LogP contribution in [0.5, 0.6) is 0 Å². The van der Waals surface area contributed by atoms with Crippen LogP contribution in [0.1, 0.15) is 79.6 Å². The maximum absolute atomic E-state index is 11.2. The van der Waals surface area contributed by atoms with E-state index in [-0.39, 0.29) is 36.1 Å². The van der Waals surface area contributed by atoms with Gasteiger partial charge in [-0.15, -0.1) is 0 Å². The van der Waals surface area contributed by atoms with Crippen LogP contribution in [0.25, 0.3) is 0 Å². The first-order valence-corrected chi connectivity index (χ1v) is 15.2. The van der Waals surface area contributed by atoms with Gasteiger partial charge in [-0.1, -0.05) is 27.7 Å². The molecule has 0 aromatic carbocycles. The second-order valence-corrected chi connectivity index (χ2v) is 16.0. The fourth-order valence-corrected chi connectivity index (χ4v) is 5.95. The summed E-state index contributed by atoms with van der Waals surface area (Å²) in [5.41, 5.74) is 0.574. The predicted octanol–water partition coefficient (Wildman–Crippen LogP) is 5.64. The quantitative estimate of drug-likeness (QED) is 0.234. The molecule has 0 aromatic heterocycles. The topological polar surface area (TPSA) is 63.2 Å². The third kappa shape index (κ3) is 7.49. The third-order valence-electron chi connectivity index (χ3n) is 7.44. The maximum atomic E-state index is 11.2. The molecule has 2 saturated heterocycles. The van der Waals surface area contributed by atoms with E-state index < -0.39 is 14.1 Å². The lowest BCUT2D eigenvalue weighted by atomic mass is 9.88. The highest BCUT2D eigenvalue weighted by molar-refractivity contribution is 6.74. The smallest absolute Gasteiger partial charge is 0.192 e. The maximum Gasteiger partial charge on any atom is 0.192 e. The molecule has 2 aliphatic rings. The van der Waals surface area contributed by atoms with Crippen molar-refractivity contribution < 1.29 is 28.2 Å². The molecule has 2 aliphatic heterocycles. The summed E-state index contributed by atoms with van der Waals surface area (Å²) in [6.07, 6.45) is 6.54. The summed E-state index contributed by atoms with van der Waals surface area (Å²) in [6, 6.07) is 0. The van der Waals surface area contributed by atoms with Gasteiger partial charge in [-0.25, -0.2) is 4.79 Å². The molecule has 1 spiro atoms. The second kappa shape index (κ2) is 11.7. The Kier molecular flexibility index (Phi) is 10.2. The molecule has 5 unspecified atom stereocenters. The Morgan fingerprint density at radius 3 is 2.56 bits per heavy atom. The number of hydrogen-bond donors (Lipinski definition) is 0. The van der Waals surface area contributed by atoms with E-state index in [1.165, 1.54) is 0 Å². The van der Waals surface area contributed by atoms with Crippen LogP contribution in [0.3, 0.4) is 0 Å². The fourth-order valence-electron chi connectivity index (χ4n) is 4.58. The first-order valence-electron chi connectivity index (χ1n) is 12.2. The van der Waals surface area contributed by atoms with Crippen LogP contribution in [-0.2, 0) is 28.2 Å². The zero-order chi connectivity index (χ0) is 24.0. The Labute approximate surface area is 196 Å². The van der Waals surface area contributed by atoms with Crippen LogP contribution < -0.4 is 0 Å². The summed E-state index contributed by atoms with van der Waals surface area (Å²) in [6.45, 7) is 16.3. The van der Waals surface area contributed by atoms with Gasteiger partial charge in [-0.2, -0.15) is 0 Å².